The van der Waals surface area contributed by atoms with E-state index in [1.807, 2.05) is 38.1 Å². The Morgan fingerprint density at radius 1 is 1.23 bits per heavy atom. The number of para-hydroxylation sites is 2. The van der Waals surface area contributed by atoms with Crippen LogP contribution in [-0.4, -0.2) is 37.5 Å². The van der Waals surface area contributed by atoms with Crippen LogP contribution in [0.5, 0.6) is 5.75 Å². The third-order valence-corrected chi connectivity index (χ3v) is 5.59. The molecule has 1 aliphatic rings. The number of halogens is 1. The van der Waals surface area contributed by atoms with E-state index in [0.717, 1.165) is 10.0 Å². The first kappa shape index (κ1) is 21.8. The number of carbonyl (C=O) groups excluding carboxylic acids is 3. The monoisotopic (exact) mass is 474 g/mol. The summed E-state index contributed by atoms with van der Waals surface area (Å²) in [4.78, 5) is 38.5. The molecule has 2 aromatic rings. The van der Waals surface area contributed by atoms with E-state index >= 15 is 0 Å². The van der Waals surface area contributed by atoms with E-state index < -0.39 is 24.4 Å². The number of rotatable bonds is 7. The van der Waals surface area contributed by atoms with Crippen LogP contribution in [0.3, 0.4) is 0 Å². The Balaban J connectivity index is 1.56. The van der Waals surface area contributed by atoms with Gasteiger partial charge in [-0.05, 0) is 49.7 Å². The van der Waals surface area contributed by atoms with Crippen molar-refractivity contribution in [3.8, 4) is 5.75 Å². The summed E-state index contributed by atoms with van der Waals surface area (Å²) in [7, 11) is 0. The number of benzene rings is 2. The SMILES string of the molecule is CCOc1ccccc1N1C[C@@H](C(=O)OCC(=O)Nc2ccc(Br)c(C)c2)CC1=O. The summed E-state index contributed by atoms with van der Waals surface area (Å²) < 4.78 is 11.7. The molecule has 0 saturated carbocycles. The predicted molar refractivity (Wildman–Crippen MR) is 117 cm³/mol. The Kier molecular flexibility index (Phi) is 7.10. The Labute approximate surface area is 183 Å². The minimum Gasteiger partial charge on any atom is -0.492 e. The van der Waals surface area contributed by atoms with Crippen molar-refractivity contribution in [2.75, 3.05) is 30.0 Å². The lowest BCUT2D eigenvalue weighted by Crippen LogP contribution is -2.28. The first-order valence-electron chi connectivity index (χ1n) is 9.64. The Morgan fingerprint density at radius 2 is 2.00 bits per heavy atom. The van der Waals surface area contributed by atoms with Gasteiger partial charge in [0, 0.05) is 23.1 Å². The van der Waals surface area contributed by atoms with Gasteiger partial charge in [0.15, 0.2) is 6.61 Å². The molecule has 7 nitrogen and oxygen atoms in total. The molecule has 0 aliphatic carbocycles. The molecular formula is C22H23BrN2O5. The lowest BCUT2D eigenvalue weighted by atomic mass is 10.1. The van der Waals surface area contributed by atoms with Crippen molar-refractivity contribution in [2.45, 2.75) is 20.3 Å². The molecule has 0 bridgehead atoms. The molecule has 1 N–H and O–H groups in total. The highest BCUT2D eigenvalue weighted by molar-refractivity contribution is 9.10. The summed E-state index contributed by atoms with van der Waals surface area (Å²) in [6, 6.07) is 12.6. The maximum Gasteiger partial charge on any atom is 0.311 e. The standard InChI is InChI=1S/C22H23BrN2O5/c1-3-29-19-7-5-4-6-18(19)25-12-15(11-21(25)27)22(28)30-13-20(26)24-16-8-9-17(23)14(2)10-16/h4-10,15H,3,11-13H2,1-2H3,(H,24,26)/t15-/m0/s1. The highest BCUT2D eigenvalue weighted by Gasteiger charge is 2.37. The van der Waals surface area contributed by atoms with Gasteiger partial charge in [0.1, 0.15) is 5.75 Å². The van der Waals surface area contributed by atoms with E-state index in [1.165, 1.54) is 4.90 Å². The number of hydrogen-bond donors (Lipinski definition) is 1. The van der Waals surface area contributed by atoms with Gasteiger partial charge in [-0.25, -0.2) is 0 Å². The summed E-state index contributed by atoms with van der Waals surface area (Å²) >= 11 is 3.40. The number of ether oxygens (including phenoxy) is 2. The topological polar surface area (TPSA) is 84.9 Å². The molecule has 0 radical (unpaired) electrons. The van der Waals surface area contributed by atoms with Gasteiger partial charge in [-0.2, -0.15) is 0 Å². The van der Waals surface area contributed by atoms with E-state index in [-0.39, 0.29) is 18.9 Å². The minimum absolute atomic E-state index is 0.0345. The molecule has 8 heteroatoms. The number of anilines is 2. The van der Waals surface area contributed by atoms with E-state index in [0.29, 0.717) is 23.7 Å². The molecule has 2 aromatic carbocycles. The number of amides is 2. The van der Waals surface area contributed by atoms with Gasteiger partial charge in [0.25, 0.3) is 5.91 Å². The Bertz CT molecular complexity index is 962. The van der Waals surface area contributed by atoms with Gasteiger partial charge in [0.2, 0.25) is 5.91 Å². The zero-order valence-electron chi connectivity index (χ0n) is 16.8. The van der Waals surface area contributed by atoms with Crippen LogP contribution in [0.1, 0.15) is 18.9 Å². The van der Waals surface area contributed by atoms with E-state index in [1.54, 1.807) is 18.2 Å². The second-order valence-electron chi connectivity index (χ2n) is 6.93. The molecule has 0 spiro atoms. The molecule has 2 amide bonds. The quantitative estimate of drug-likeness (QED) is 0.618. The van der Waals surface area contributed by atoms with E-state index in [4.69, 9.17) is 9.47 Å². The summed E-state index contributed by atoms with van der Waals surface area (Å²) in [5.74, 6) is -1.23. The third kappa shape index (κ3) is 5.18. The molecule has 158 valence electrons. The minimum atomic E-state index is -0.630. The summed E-state index contributed by atoms with van der Waals surface area (Å²) in [5.41, 5.74) is 2.22. The van der Waals surface area contributed by atoms with Crippen LogP contribution >= 0.6 is 15.9 Å². The number of nitrogens with zero attached hydrogens (tertiary/aromatic N) is 1. The summed E-state index contributed by atoms with van der Waals surface area (Å²) in [5, 5.41) is 2.69. The van der Waals surface area contributed by atoms with Crippen LogP contribution in [-0.2, 0) is 19.1 Å². The van der Waals surface area contributed by atoms with Gasteiger partial charge in [-0.1, -0.05) is 28.1 Å². The van der Waals surface area contributed by atoms with Crippen LogP contribution in [0.4, 0.5) is 11.4 Å². The van der Waals surface area contributed by atoms with Crippen molar-refractivity contribution in [3.63, 3.8) is 0 Å². The molecule has 0 aromatic heterocycles. The summed E-state index contributed by atoms with van der Waals surface area (Å²) in [6.07, 6.45) is 0.0345. The van der Waals surface area contributed by atoms with E-state index in [9.17, 15) is 14.4 Å². The molecule has 1 atom stereocenters. The Morgan fingerprint density at radius 3 is 2.73 bits per heavy atom. The van der Waals surface area contributed by atoms with Crippen molar-refractivity contribution >= 4 is 45.1 Å². The molecule has 30 heavy (non-hydrogen) atoms. The molecule has 1 heterocycles. The largest absolute Gasteiger partial charge is 0.492 e. The summed E-state index contributed by atoms with van der Waals surface area (Å²) in [6.45, 7) is 4.02. The van der Waals surface area contributed by atoms with Crippen LogP contribution in [0.2, 0.25) is 0 Å². The fourth-order valence-corrected chi connectivity index (χ4v) is 3.48. The van der Waals surface area contributed by atoms with Gasteiger partial charge in [0.05, 0.1) is 18.2 Å². The average Bonchev–Trinajstić information content (AvgIpc) is 3.11. The van der Waals surface area contributed by atoms with Crippen molar-refractivity contribution in [1.82, 2.24) is 0 Å². The number of carbonyl (C=O) groups is 3. The maximum atomic E-state index is 12.5. The predicted octanol–water partition coefficient (Wildman–Crippen LogP) is 3.69. The lowest BCUT2D eigenvalue weighted by molar-refractivity contribution is -0.151. The van der Waals surface area contributed by atoms with Gasteiger partial charge < -0.3 is 19.7 Å². The first-order chi connectivity index (χ1) is 14.4. The Hall–Kier alpha value is -2.87. The lowest BCUT2D eigenvalue weighted by Gasteiger charge is -2.19. The normalized spacial score (nSPS) is 15.8. The maximum absolute atomic E-state index is 12.5. The highest BCUT2D eigenvalue weighted by Crippen LogP contribution is 2.33. The smallest absolute Gasteiger partial charge is 0.311 e. The van der Waals surface area contributed by atoms with Crippen molar-refractivity contribution < 1.29 is 23.9 Å². The van der Waals surface area contributed by atoms with Crippen molar-refractivity contribution in [1.29, 1.82) is 0 Å². The van der Waals surface area contributed by atoms with Gasteiger partial charge in [-0.15, -0.1) is 0 Å². The molecular weight excluding hydrogens is 452 g/mol. The molecule has 1 saturated heterocycles. The van der Waals surface area contributed by atoms with Crippen molar-refractivity contribution in [3.05, 3.63) is 52.5 Å². The zero-order valence-corrected chi connectivity index (χ0v) is 18.4. The molecule has 1 aliphatic heterocycles. The number of esters is 1. The average molecular weight is 475 g/mol. The molecule has 0 unspecified atom stereocenters. The second-order valence-corrected chi connectivity index (χ2v) is 7.78. The highest BCUT2D eigenvalue weighted by atomic mass is 79.9. The second kappa shape index (κ2) is 9.75. The number of nitrogens with one attached hydrogen (secondary N) is 1. The molecule has 3 rings (SSSR count). The third-order valence-electron chi connectivity index (χ3n) is 4.70. The van der Waals surface area contributed by atoms with Crippen LogP contribution < -0.4 is 15.0 Å². The number of aryl methyl sites for hydroxylation is 1. The van der Waals surface area contributed by atoms with Crippen LogP contribution in [0.15, 0.2) is 46.9 Å². The van der Waals surface area contributed by atoms with Gasteiger partial charge in [-0.3, -0.25) is 14.4 Å². The fourth-order valence-electron chi connectivity index (χ4n) is 3.23. The molecule has 1 fully saturated rings. The zero-order chi connectivity index (χ0) is 21.7. The van der Waals surface area contributed by atoms with Crippen LogP contribution in [0.25, 0.3) is 0 Å². The number of hydrogen-bond acceptors (Lipinski definition) is 5. The van der Waals surface area contributed by atoms with Gasteiger partial charge >= 0.3 is 5.97 Å². The van der Waals surface area contributed by atoms with Crippen molar-refractivity contribution in [2.24, 2.45) is 5.92 Å². The fraction of sp³-hybridized carbons (Fsp3) is 0.318. The van der Waals surface area contributed by atoms with E-state index in [2.05, 4.69) is 21.2 Å². The first-order valence-corrected chi connectivity index (χ1v) is 10.4. The van der Waals surface area contributed by atoms with Crippen LogP contribution in [0, 0.1) is 12.8 Å².